The lowest BCUT2D eigenvalue weighted by Crippen LogP contribution is -2.41. The van der Waals surface area contributed by atoms with Crippen LogP contribution < -0.4 is 11.1 Å². The molecule has 3 N–H and O–H groups in total. The summed E-state index contributed by atoms with van der Waals surface area (Å²) in [5.41, 5.74) is 6.01. The van der Waals surface area contributed by atoms with E-state index in [1.165, 1.54) is 10.4 Å². The molecule has 2 amide bonds. The number of pyridine rings is 1. The van der Waals surface area contributed by atoms with Gasteiger partial charge in [0.05, 0.1) is 11.9 Å². The number of nitrogens with two attached hydrogens (primary N) is 1. The van der Waals surface area contributed by atoms with E-state index in [4.69, 9.17) is 5.73 Å². The second-order valence-electron chi connectivity index (χ2n) is 7.99. The van der Waals surface area contributed by atoms with Crippen molar-refractivity contribution in [1.29, 1.82) is 0 Å². The number of amides is 2. The molecular formula is C19H22F2N4O4S2. The zero-order valence-corrected chi connectivity index (χ0v) is 18.4. The Hall–Kier alpha value is -2.18. The highest BCUT2D eigenvalue weighted by molar-refractivity contribution is 7.88. The number of alkyl halides is 2. The lowest BCUT2D eigenvalue weighted by molar-refractivity contribution is -0.120. The molecule has 12 heteroatoms. The van der Waals surface area contributed by atoms with Crippen LogP contribution in [-0.4, -0.2) is 48.9 Å². The van der Waals surface area contributed by atoms with Gasteiger partial charge in [0.25, 0.3) is 12.3 Å². The van der Waals surface area contributed by atoms with Crippen molar-refractivity contribution in [3.05, 3.63) is 22.2 Å². The van der Waals surface area contributed by atoms with Crippen molar-refractivity contribution >= 4 is 49.1 Å². The van der Waals surface area contributed by atoms with Crippen LogP contribution in [0.25, 0.3) is 10.2 Å². The number of hydrogen-bond acceptors (Lipinski definition) is 6. The molecule has 1 saturated carbocycles. The molecule has 3 heterocycles. The van der Waals surface area contributed by atoms with Crippen LogP contribution in [0.4, 0.5) is 14.5 Å². The highest BCUT2D eigenvalue weighted by Gasteiger charge is 2.34. The zero-order chi connectivity index (χ0) is 22.5. The minimum Gasteiger partial charge on any atom is -0.365 e. The number of anilines is 1. The minimum atomic E-state index is -3.32. The number of fused-ring (bicyclic) bond motifs is 1. The quantitative estimate of drug-likeness (QED) is 0.669. The summed E-state index contributed by atoms with van der Waals surface area (Å²) in [5, 5.41) is 3.28. The SMILES string of the molecule is CS(=O)(=O)N1CCC(C(=O)Nc2c(C(N)=O)sc3nc(C(F)F)cc(C4CC4)c23)CC1. The van der Waals surface area contributed by atoms with Crippen molar-refractivity contribution in [3.8, 4) is 0 Å². The van der Waals surface area contributed by atoms with E-state index in [0.29, 0.717) is 23.8 Å². The first-order valence-electron chi connectivity index (χ1n) is 9.87. The average molecular weight is 473 g/mol. The van der Waals surface area contributed by atoms with Gasteiger partial charge in [-0.15, -0.1) is 11.3 Å². The normalized spacial score (nSPS) is 18.6. The number of carbonyl (C=O) groups excluding carboxylic acids is 2. The van der Waals surface area contributed by atoms with Crippen molar-refractivity contribution in [2.24, 2.45) is 11.7 Å². The number of aromatic nitrogens is 1. The Morgan fingerprint density at radius 3 is 2.42 bits per heavy atom. The Labute approximate surface area is 181 Å². The van der Waals surface area contributed by atoms with Crippen LogP contribution in [-0.2, 0) is 14.8 Å². The molecule has 0 bridgehead atoms. The summed E-state index contributed by atoms with van der Waals surface area (Å²) in [6.45, 7) is 0.465. The third-order valence-electron chi connectivity index (χ3n) is 5.72. The van der Waals surface area contributed by atoms with Gasteiger partial charge in [-0.1, -0.05) is 0 Å². The molecule has 2 aromatic heterocycles. The highest BCUT2D eigenvalue weighted by atomic mass is 32.2. The molecule has 0 aromatic carbocycles. The number of rotatable bonds is 6. The first kappa shape index (κ1) is 22.0. The van der Waals surface area contributed by atoms with Crippen LogP contribution in [0.1, 0.15) is 59.0 Å². The van der Waals surface area contributed by atoms with Crippen molar-refractivity contribution in [2.75, 3.05) is 24.7 Å². The minimum absolute atomic E-state index is 0.0674. The number of nitrogens with one attached hydrogen (secondary N) is 1. The number of primary amides is 1. The molecule has 168 valence electrons. The van der Waals surface area contributed by atoms with Crippen LogP contribution in [0.5, 0.6) is 0 Å². The van der Waals surface area contributed by atoms with Crippen LogP contribution in [0.2, 0.25) is 0 Å². The Morgan fingerprint density at radius 2 is 1.90 bits per heavy atom. The molecular weight excluding hydrogens is 450 g/mol. The number of halogens is 2. The lowest BCUT2D eigenvalue weighted by Gasteiger charge is -2.29. The van der Waals surface area contributed by atoms with Crippen molar-refractivity contribution < 1.29 is 26.8 Å². The number of sulfonamides is 1. The fourth-order valence-electron chi connectivity index (χ4n) is 3.94. The van der Waals surface area contributed by atoms with Gasteiger partial charge in [0, 0.05) is 24.4 Å². The molecule has 1 aliphatic heterocycles. The molecule has 0 atom stereocenters. The summed E-state index contributed by atoms with van der Waals surface area (Å²) >= 11 is 0.894. The molecule has 2 aromatic rings. The summed E-state index contributed by atoms with van der Waals surface area (Å²) in [4.78, 5) is 29.3. The Balaban J connectivity index is 1.67. The van der Waals surface area contributed by atoms with Gasteiger partial charge in [0.2, 0.25) is 15.9 Å². The number of piperidine rings is 1. The maximum atomic E-state index is 13.3. The monoisotopic (exact) mass is 472 g/mol. The Kier molecular flexibility index (Phi) is 5.73. The van der Waals surface area contributed by atoms with E-state index in [1.807, 2.05) is 0 Å². The summed E-state index contributed by atoms with van der Waals surface area (Å²) < 4.78 is 51.3. The Bertz CT molecular complexity index is 1150. The van der Waals surface area contributed by atoms with Gasteiger partial charge in [-0.2, -0.15) is 0 Å². The highest BCUT2D eigenvalue weighted by Crippen LogP contribution is 2.48. The molecule has 2 fully saturated rings. The fraction of sp³-hybridized carbons (Fsp3) is 0.526. The van der Waals surface area contributed by atoms with Crippen LogP contribution in [0, 0.1) is 5.92 Å². The second-order valence-corrected chi connectivity index (χ2v) is 11.0. The van der Waals surface area contributed by atoms with Gasteiger partial charge < -0.3 is 11.1 Å². The first-order valence-corrected chi connectivity index (χ1v) is 12.5. The van der Waals surface area contributed by atoms with Gasteiger partial charge in [-0.05, 0) is 43.2 Å². The summed E-state index contributed by atoms with van der Waals surface area (Å²) in [7, 11) is -3.32. The lowest BCUT2D eigenvalue weighted by atomic mass is 9.97. The Morgan fingerprint density at radius 1 is 1.26 bits per heavy atom. The molecule has 8 nitrogen and oxygen atoms in total. The van der Waals surface area contributed by atoms with Gasteiger partial charge in [-0.3, -0.25) is 9.59 Å². The third-order valence-corrected chi connectivity index (χ3v) is 8.12. The van der Waals surface area contributed by atoms with Crippen molar-refractivity contribution in [1.82, 2.24) is 9.29 Å². The van der Waals surface area contributed by atoms with E-state index in [9.17, 15) is 26.8 Å². The largest absolute Gasteiger partial charge is 0.365 e. The predicted octanol–water partition coefficient (Wildman–Crippen LogP) is 2.82. The number of carbonyl (C=O) groups is 2. The zero-order valence-electron chi connectivity index (χ0n) is 16.7. The van der Waals surface area contributed by atoms with Crippen LogP contribution in [0.15, 0.2) is 6.07 Å². The third kappa shape index (κ3) is 4.41. The van der Waals surface area contributed by atoms with Gasteiger partial charge in [0.15, 0.2) is 0 Å². The maximum absolute atomic E-state index is 13.3. The summed E-state index contributed by atoms with van der Waals surface area (Å²) in [6, 6.07) is 1.35. The maximum Gasteiger partial charge on any atom is 0.280 e. The number of thiophene rings is 1. The fourth-order valence-corrected chi connectivity index (χ4v) is 5.84. The predicted molar refractivity (Wildman–Crippen MR) is 113 cm³/mol. The molecule has 0 unspecified atom stereocenters. The van der Waals surface area contributed by atoms with Crippen LogP contribution in [0.3, 0.4) is 0 Å². The molecule has 2 aliphatic rings. The molecule has 4 rings (SSSR count). The summed E-state index contributed by atoms with van der Waals surface area (Å²) in [6.07, 6.45) is 0.733. The van der Waals surface area contributed by atoms with Gasteiger partial charge in [0.1, 0.15) is 15.4 Å². The van der Waals surface area contributed by atoms with E-state index >= 15 is 0 Å². The standard InChI is InChI=1S/C19H22F2N4O4S2/c1-31(28,29)25-6-4-10(5-7-25)18(27)24-14-13-11(9-2-3-9)8-12(16(20)21)23-19(13)30-15(14)17(22)26/h8-10,16H,2-7H2,1H3,(H2,22,26)(H,24,27). The van der Waals surface area contributed by atoms with E-state index in [0.717, 1.165) is 30.4 Å². The molecule has 1 saturated heterocycles. The van der Waals surface area contributed by atoms with Crippen molar-refractivity contribution in [3.63, 3.8) is 0 Å². The van der Waals surface area contributed by atoms with Crippen molar-refractivity contribution in [2.45, 2.75) is 38.0 Å². The molecule has 0 spiro atoms. The summed E-state index contributed by atoms with van der Waals surface area (Å²) in [5.74, 6) is -1.49. The molecule has 31 heavy (non-hydrogen) atoms. The van der Waals surface area contributed by atoms with Gasteiger partial charge in [-0.25, -0.2) is 26.5 Å². The van der Waals surface area contributed by atoms with Gasteiger partial charge >= 0.3 is 0 Å². The van der Waals surface area contributed by atoms with Crippen LogP contribution >= 0.6 is 11.3 Å². The van der Waals surface area contributed by atoms with E-state index in [-0.39, 0.29) is 46.0 Å². The van der Waals surface area contributed by atoms with E-state index in [1.54, 1.807) is 0 Å². The average Bonchev–Trinajstić information content (AvgIpc) is 3.48. The van der Waals surface area contributed by atoms with E-state index < -0.39 is 28.3 Å². The molecule has 1 aliphatic carbocycles. The number of hydrogen-bond donors (Lipinski definition) is 2. The van der Waals surface area contributed by atoms with E-state index in [2.05, 4.69) is 10.3 Å². The first-order chi connectivity index (χ1) is 14.6. The second kappa shape index (κ2) is 8.06. The number of nitrogens with zero attached hydrogens (tertiary/aromatic N) is 2. The smallest absolute Gasteiger partial charge is 0.280 e. The molecule has 0 radical (unpaired) electrons. The topological polar surface area (TPSA) is 122 Å².